The van der Waals surface area contributed by atoms with Crippen LogP contribution in [0.25, 0.3) is 0 Å². The number of carbonyl (C=O) groups is 1. The summed E-state index contributed by atoms with van der Waals surface area (Å²) in [6.07, 6.45) is 4.92. The molecule has 20 heavy (non-hydrogen) atoms. The molecule has 2 atom stereocenters. The highest BCUT2D eigenvalue weighted by Crippen LogP contribution is 2.36. The van der Waals surface area contributed by atoms with Gasteiger partial charge >= 0.3 is 0 Å². The molecule has 0 aliphatic heterocycles. The second kappa shape index (κ2) is 5.57. The van der Waals surface area contributed by atoms with Crippen molar-refractivity contribution in [3.05, 3.63) is 35.9 Å². The molecule has 108 valence electrons. The SMILES string of the molecule is CC(C(=O)N(CC1CC1)C1CC1)C(N)c1ccccc1. The lowest BCUT2D eigenvalue weighted by atomic mass is 9.94. The van der Waals surface area contributed by atoms with Crippen molar-refractivity contribution >= 4 is 5.91 Å². The average Bonchev–Trinajstić information content (AvgIpc) is 3.36. The maximum absolute atomic E-state index is 12.7. The second-order valence-electron chi connectivity index (χ2n) is 6.39. The molecule has 2 saturated carbocycles. The Morgan fingerprint density at radius 1 is 1.25 bits per heavy atom. The summed E-state index contributed by atoms with van der Waals surface area (Å²) >= 11 is 0. The molecular weight excluding hydrogens is 248 g/mol. The molecule has 0 radical (unpaired) electrons. The highest BCUT2D eigenvalue weighted by Gasteiger charge is 2.39. The minimum absolute atomic E-state index is 0.142. The Kier molecular flexibility index (Phi) is 3.79. The van der Waals surface area contributed by atoms with Crippen LogP contribution in [0.3, 0.4) is 0 Å². The summed E-state index contributed by atoms with van der Waals surface area (Å²) in [6.45, 7) is 2.93. The van der Waals surface area contributed by atoms with E-state index in [1.807, 2.05) is 37.3 Å². The third-order valence-electron chi connectivity index (χ3n) is 4.54. The first-order chi connectivity index (χ1) is 9.66. The minimum Gasteiger partial charge on any atom is -0.339 e. The molecule has 2 N–H and O–H groups in total. The van der Waals surface area contributed by atoms with Crippen molar-refractivity contribution < 1.29 is 4.79 Å². The molecule has 0 heterocycles. The number of rotatable bonds is 6. The molecule has 3 heteroatoms. The quantitative estimate of drug-likeness (QED) is 0.865. The summed E-state index contributed by atoms with van der Waals surface area (Å²) in [5.74, 6) is 0.854. The maximum atomic E-state index is 12.7. The molecule has 0 saturated heterocycles. The maximum Gasteiger partial charge on any atom is 0.227 e. The number of hydrogen-bond donors (Lipinski definition) is 1. The number of amides is 1. The molecule has 2 unspecified atom stereocenters. The van der Waals surface area contributed by atoms with Gasteiger partial charge in [-0.3, -0.25) is 4.79 Å². The van der Waals surface area contributed by atoms with Gasteiger partial charge in [-0.25, -0.2) is 0 Å². The van der Waals surface area contributed by atoms with Crippen LogP contribution in [0.5, 0.6) is 0 Å². The van der Waals surface area contributed by atoms with Crippen LogP contribution < -0.4 is 5.73 Å². The fourth-order valence-electron chi connectivity index (χ4n) is 2.76. The van der Waals surface area contributed by atoms with Gasteiger partial charge in [0.1, 0.15) is 0 Å². The van der Waals surface area contributed by atoms with Crippen LogP contribution in [0.15, 0.2) is 30.3 Å². The van der Waals surface area contributed by atoms with Crippen molar-refractivity contribution in [1.29, 1.82) is 0 Å². The molecule has 0 bridgehead atoms. The second-order valence-corrected chi connectivity index (χ2v) is 6.39. The zero-order valence-corrected chi connectivity index (χ0v) is 12.2. The van der Waals surface area contributed by atoms with Crippen LogP contribution in [0.4, 0.5) is 0 Å². The van der Waals surface area contributed by atoms with Crippen molar-refractivity contribution in [1.82, 2.24) is 4.90 Å². The Morgan fingerprint density at radius 2 is 1.90 bits per heavy atom. The van der Waals surface area contributed by atoms with Gasteiger partial charge in [0, 0.05) is 18.6 Å². The third-order valence-corrected chi connectivity index (χ3v) is 4.54. The van der Waals surface area contributed by atoms with Gasteiger partial charge in [0.05, 0.1) is 5.92 Å². The van der Waals surface area contributed by atoms with E-state index in [0.29, 0.717) is 6.04 Å². The summed E-state index contributed by atoms with van der Waals surface area (Å²) in [4.78, 5) is 14.9. The van der Waals surface area contributed by atoms with Gasteiger partial charge in [-0.15, -0.1) is 0 Å². The van der Waals surface area contributed by atoms with Gasteiger partial charge in [0.15, 0.2) is 0 Å². The van der Waals surface area contributed by atoms with E-state index < -0.39 is 0 Å². The molecular formula is C17H24N2O. The molecule has 0 spiro atoms. The number of nitrogens with two attached hydrogens (primary N) is 1. The molecule has 2 aliphatic carbocycles. The molecule has 2 fully saturated rings. The van der Waals surface area contributed by atoms with E-state index in [1.165, 1.54) is 25.7 Å². The van der Waals surface area contributed by atoms with Crippen LogP contribution in [0, 0.1) is 11.8 Å². The largest absolute Gasteiger partial charge is 0.339 e. The average molecular weight is 272 g/mol. The molecule has 1 aromatic carbocycles. The molecule has 1 aromatic rings. The van der Waals surface area contributed by atoms with Crippen molar-refractivity contribution in [2.45, 2.75) is 44.7 Å². The number of benzene rings is 1. The van der Waals surface area contributed by atoms with Gasteiger partial charge in [-0.1, -0.05) is 37.3 Å². The van der Waals surface area contributed by atoms with Crippen LogP contribution >= 0.6 is 0 Å². The van der Waals surface area contributed by atoms with Gasteiger partial charge < -0.3 is 10.6 Å². The van der Waals surface area contributed by atoms with E-state index in [4.69, 9.17) is 5.73 Å². The Labute approximate surface area is 121 Å². The molecule has 0 aromatic heterocycles. The number of hydrogen-bond acceptors (Lipinski definition) is 2. The predicted octanol–water partition coefficient (Wildman–Crippen LogP) is 2.72. The standard InChI is InChI=1S/C17H24N2O/c1-12(16(18)14-5-3-2-4-6-14)17(20)19(15-9-10-15)11-13-7-8-13/h2-6,12-13,15-16H,7-11,18H2,1H3. The van der Waals surface area contributed by atoms with E-state index >= 15 is 0 Å². The zero-order chi connectivity index (χ0) is 14.1. The Hall–Kier alpha value is -1.35. The molecule has 3 nitrogen and oxygen atoms in total. The lowest BCUT2D eigenvalue weighted by Crippen LogP contribution is -2.41. The fraction of sp³-hybridized carbons (Fsp3) is 0.588. The summed E-state index contributed by atoms with van der Waals surface area (Å²) < 4.78 is 0. The zero-order valence-electron chi connectivity index (χ0n) is 12.2. The van der Waals surface area contributed by atoms with Crippen LogP contribution in [-0.2, 0) is 4.79 Å². The summed E-state index contributed by atoms with van der Waals surface area (Å²) in [7, 11) is 0. The fourth-order valence-corrected chi connectivity index (χ4v) is 2.76. The van der Waals surface area contributed by atoms with Crippen molar-refractivity contribution in [2.75, 3.05) is 6.54 Å². The number of nitrogens with zero attached hydrogens (tertiary/aromatic N) is 1. The summed E-state index contributed by atoms with van der Waals surface area (Å²) in [5, 5.41) is 0. The van der Waals surface area contributed by atoms with Crippen LogP contribution in [0.1, 0.15) is 44.2 Å². The first-order valence-corrected chi connectivity index (χ1v) is 7.78. The first kappa shape index (κ1) is 13.6. The normalized spacial score (nSPS) is 21.3. The summed E-state index contributed by atoms with van der Waals surface area (Å²) in [6, 6.07) is 10.3. The van der Waals surface area contributed by atoms with Gasteiger partial charge in [-0.2, -0.15) is 0 Å². The smallest absolute Gasteiger partial charge is 0.227 e. The van der Waals surface area contributed by atoms with Crippen molar-refractivity contribution in [2.24, 2.45) is 17.6 Å². The predicted molar refractivity (Wildman–Crippen MR) is 80.0 cm³/mol. The summed E-state index contributed by atoms with van der Waals surface area (Å²) in [5.41, 5.74) is 7.35. The first-order valence-electron chi connectivity index (χ1n) is 7.78. The topological polar surface area (TPSA) is 46.3 Å². The Balaban J connectivity index is 1.67. The highest BCUT2D eigenvalue weighted by atomic mass is 16.2. The van der Waals surface area contributed by atoms with Crippen LogP contribution in [-0.4, -0.2) is 23.4 Å². The molecule has 2 aliphatic rings. The van der Waals surface area contributed by atoms with Crippen LogP contribution in [0.2, 0.25) is 0 Å². The monoisotopic (exact) mass is 272 g/mol. The molecule has 3 rings (SSSR count). The molecule has 1 amide bonds. The van der Waals surface area contributed by atoms with E-state index in [-0.39, 0.29) is 17.9 Å². The Bertz CT molecular complexity index is 465. The Morgan fingerprint density at radius 3 is 2.45 bits per heavy atom. The lowest BCUT2D eigenvalue weighted by molar-refractivity contribution is -0.136. The third kappa shape index (κ3) is 3.04. The highest BCUT2D eigenvalue weighted by molar-refractivity contribution is 5.80. The van der Waals surface area contributed by atoms with Crippen molar-refractivity contribution in [3.63, 3.8) is 0 Å². The van der Waals surface area contributed by atoms with Gasteiger partial charge in [0.2, 0.25) is 5.91 Å². The van der Waals surface area contributed by atoms with E-state index in [9.17, 15) is 4.79 Å². The van der Waals surface area contributed by atoms with Crippen molar-refractivity contribution in [3.8, 4) is 0 Å². The number of carbonyl (C=O) groups excluding carboxylic acids is 1. The van der Waals surface area contributed by atoms with Gasteiger partial charge in [-0.05, 0) is 37.2 Å². The lowest BCUT2D eigenvalue weighted by Gasteiger charge is -2.28. The van der Waals surface area contributed by atoms with Gasteiger partial charge in [0.25, 0.3) is 0 Å². The van der Waals surface area contributed by atoms with E-state index in [2.05, 4.69) is 4.90 Å². The van der Waals surface area contributed by atoms with E-state index in [0.717, 1.165) is 18.0 Å². The van der Waals surface area contributed by atoms with E-state index in [1.54, 1.807) is 0 Å². The minimum atomic E-state index is -0.204.